The highest BCUT2D eigenvalue weighted by Crippen LogP contribution is 2.21. The normalized spacial score (nSPS) is 26.8. The second-order valence-electron chi connectivity index (χ2n) is 5.91. The van der Waals surface area contributed by atoms with Crippen molar-refractivity contribution < 1.29 is 24.8 Å². The Morgan fingerprint density at radius 3 is 2.50 bits per heavy atom. The van der Waals surface area contributed by atoms with Crippen LogP contribution in [0.25, 0.3) is 0 Å². The Kier molecular flexibility index (Phi) is 10.7. The van der Waals surface area contributed by atoms with Gasteiger partial charge >= 0.3 is 0 Å². The Hall–Kier alpha value is -0.460. The second kappa shape index (κ2) is 12.0. The minimum absolute atomic E-state index is 0.146. The monoisotopic (exact) mass is 316 g/mol. The molecule has 0 radical (unpaired) electrons. The molecule has 1 rings (SSSR count). The van der Waals surface area contributed by atoms with Gasteiger partial charge in [0, 0.05) is 6.61 Å². The number of hydrogen-bond acceptors (Lipinski definition) is 5. The number of rotatable bonds is 12. The summed E-state index contributed by atoms with van der Waals surface area (Å²) in [7, 11) is 0. The van der Waals surface area contributed by atoms with Crippen molar-refractivity contribution in [2.24, 2.45) is 0 Å². The smallest absolute Gasteiger partial charge is 0.114 e. The molecule has 5 heteroatoms. The molecule has 130 valence electrons. The van der Waals surface area contributed by atoms with Gasteiger partial charge < -0.3 is 24.8 Å². The number of aliphatic hydroxyl groups is 3. The fourth-order valence-electron chi connectivity index (χ4n) is 2.59. The molecule has 1 heterocycles. The summed E-state index contributed by atoms with van der Waals surface area (Å²) in [4.78, 5) is 0. The zero-order valence-corrected chi connectivity index (χ0v) is 13.7. The van der Waals surface area contributed by atoms with E-state index in [2.05, 4.69) is 19.1 Å². The van der Waals surface area contributed by atoms with Crippen LogP contribution in [0.15, 0.2) is 12.2 Å². The van der Waals surface area contributed by atoms with Gasteiger partial charge in [0.15, 0.2) is 0 Å². The van der Waals surface area contributed by atoms with Gasteiger partial charge in [0.2, 0.25) is 0 Å². The highest BCUT2D eigenvalue weighted by atomic mass is 16.6. The van der Waals surface area contributed by atoms with Crippen molar-refractivity contribution in [2.45, 2.75) is 76.3 Å². The van der Waals surface area contributed by atoms with Gasteiger partial charge in [-0.05, 0) is 32.1 Å². The maximum atomic E-state index is 9.79. The fourth-order valence-corrected chi connectivity index (χ4v) is 2.59. The average Bonchev–Trinajstić information content (AvgIpc) is 2.89. The van der Waals surface area contributed by atoms with Gasteiger partial charge in [-0.3, -0.25) is 0 Å². The van der Waals surface area contributed by atoms with E-state index in [9.17, 15) is 10.2 Å². The molecular weight excluding hydrogens is 284 g/mol. The number of ether oxygens (including phenoxy) is 2. The molecule has 0 aromatic heterocycles. The molecule has 0 bridgehead atoms. The molecule has 0 spiro atoms. The number of aliphatic hydroxyl groups excluding tert-OH is 3. The highest BCUT2D eigenvalue weighted by molar-refractivity contribution is 4.89. The third-order valence-corrected chi connectivity index (χ3v) is 3.95. The first-order valence-electron chi connectivity index (χ1n) is 8.55. The summed E-state index contributed by atoms with van der Waals surface area (Å²) in [6.45, 7) is 2.50. The third-order valence-electron chi connectivity index (χ3n) is 3.95. The van der Waals surface area contributed by atoms with Crippen molar-refractivity contribution >= 4 is 0 Å². The Morgan fingerprint density at radius 2 is 1.86 bits per heavy atom. The molecule has 4 atom stereocenters. The SMILES string of the molecule is CCCCC/C=C/CCCCO[C@H]1[C@@H]([C@@H](O)CO)OC[C@H]1O. The molecule has 0 saturated carbocycles. The van der Waals surface area contributed by atoms with Crippen molar-refractivity contribution in [3.05, 3.63) is 12.2 Å². The topological polar surface area (TPSA) is 79.2 Å². The van der Waals surface area contributed by atoms with E-state index in [-0.39, 0.29) is 13.2 Å². The summed E-state index contributed by atoms with van der Waals surface area (Å²) < 4.78 is 10.9. The van der Waals surface area contributed by atoms with Gasteiger partial charge in [0.25, 0.3) is 0 Å². The molecular formula is C17H32O5. The lowest BCUT2D eigenvalue weighted by Crippen LogP contribution is -2.42. The zero-order valence-electron chi connectivity index (χ0n) is 13.7. The molecule has 1 aliphatic heterocycles. The standard InChI is InChI=1S/C17H32O5/c1-2-3-4-5-6-7-8-9-10-11-21-17-15(20)13-22-16(17)14(19)12-18/h6-7,14-20H,2-5,8-13H2,1H3/b7-6+/t14-,15+,16+,17+/m0/s1. The van der Waals surface area contributed by atoms with Gasteiger partial charge in [-0.2, -0.15) is 0 Å². The Balaban J connectivity index is 2.08. The quantitative estimate of drug-likeness (QED) is 0.378. The molecule has 5 nitrogen and oxygen atoms in total. The summed E-state index contributed by atoms with van der Waals surface area (Å²) in [6, 6.07) is 0. The molecule has 0 unspecified atom stereocenters. The maximum absolute atomic E-state index is 9.79. The minimum Gasteiger partial charge on any atom is -0.394 e. The Bertz CT molecular complexity index is 295. The van der Waals surface area contributed by atoms with Crippen LogP contribution in [0.2, 0.25) is 0 Å². The van der Waals surface area contributed by atoms with E-state index < -0.39 is 24.4 Å². The first kappa shape index (κ1) is 19.6. The van der Waals surface area contributed by atoms with Crippen LogP contribution in [0.1, 0.15) is 51.9 Å². The molecule has 22 heavy (non-hydrogen) atoms. The highest BCUT2D eigenvalue weighted by Gasteiger charge is 2.40. The number of hydrogen-bond donors (Lipinski definition) is 3. The van der Waals surface area contributed by atoms with E-state index in [0.717, 1.165) is 25.7 Å². The predicted octanol–water partition coefficient (Wildman–Crippen LogP) is 1.79. The number of unbranched alkanes of at least 4 members (excludes halogenated alkanes) is 5. The van der Waals surface area contributed by atoms with Gasteiger partial charge in [-0.25, -0.2) is 0 Å². The van der Waals surface area contributed by atoms with E-state index in [1.165, 1.54) is 19.3 Å². The zero-order chi connectivity index (χ0) is 16.2. The van der Waals surface area contributed by atoms with Crippen LogP contribution in [0.5, 0.6) is 0 Å². The van der Waals surface area contributed by atoms with Crippen LogP contribution in [0.3, 0.4) is 0 Å². The van der Waals surface area contributed by atoms with Crippen molar-refractivity contribution in [3.8, 4) is 0 Å². The van der Waals surface area contributed by atoms with E-state index in [0.29, 0.717) is 6.61 Å². The summed E-state index contributed by atoms with van der Waals surface area (Å²) in [5.41, 5.74) is 0. The van der Waals surface area contributed by atoms with Crippen molar-refractivity contribution in [2.75, 3.05) is 19.8 Å². The van der Waals surface area contributed by atoms with Crippen LogP contribution >= 0.6 is 0 Å². The molecule has 1 saturated heterocycles. The first-order chi connectivity index (χ1) is 10.7. The average molecular weight is 316 g/mol. The summed E-state index contributed by atoms with van der Waals surface area (Å²) in [5, 5.41) is 28.4. The van der Waals surface area contributed by atoms with Crippen molar-refractivity contribution in [1.82, 2.24) is 0 Å². The van der Waals surface area contributed by atoms with E-state index in [4.69, 9.17) is 14.6 Å². The summed E-state index contributed by atoms with van der Waals surface area (Å²) >= 11 is 0. The molecule has 0 aromatic rings. The predicted molar refractivity (Wildman–Crippen MR) is 85.7 cm³/mol. The van der Waals surface area contributed by atoms with E-state index in [1.807, 2.05) is 0 Å². The van der Waals surface area contributed by atoms with Gasteiger partial charge in [-0.1, -0.05) is 31.9 Å². The molecule has 0 aromatic carbocycles. The Labute approximate surface area is 133 Å². The minimum atomic E-state index is -1.01. The van der Waals surface area contributed by atoms with E-state index >= 15 is 0 Å². The number of allylic oxidation sites excluding steroid dienone is 2. The largest absolute Gasteiger partial charge is 0.394 e. The van der Waals surface area contributed by atoms with Gasteiger partial charge in [0.1, 0.15) is 24.4 Å². The second-order valence-corrected chi connectivity index (χ2v) is 5.91. The maximum Gasteiger partial charge on any atom is 0.114 e. The van der Waals surface area contributed by atoms with Gasteiger partial charge in [0.05, 0.1) is 13.2 Å². The lowest BCUT2D eigenvalue weighted by molar-refractivity contribution is -0.0937. The molecule has 3 N–H and O–H groups in total. The van der Waals surface area contributed by atoms with Crippen LogP contribution < -0.4 is 0 Å². The first-order valence-corrected chi connectivity index (χ1v) is 8.55. The van der Waals surface area contributed by atoms with E-state index in [1.54, 1.807) is 0 Å². The lowest BCUT2D eigenvalue weighted by Gasteiger charge is -2.23. The van der Waals surface area contributed by atoms with Crippen LogP contribution in [-0.2, 0) is 9.47 Å². The lowest BCUT2D eigenvalue weighted by atomic mass is 10.1. The molecule has 0 aliphatic carbocycles. The molecule has 1 aliphatic rings. The van der Waals surface area contributed by atoms with Crippen LogP contribution in [-0.4, -0.2) is 59.6 Å². The third kappa shape index (κ3) is 7.20. The summed E-state index contributed by atoms with van der Waals surface area (Å²) in [5.74, 6) is 0. The van der Waals surface area contributed by atoms with Crippen molar-refractivity contribution in [3.63, 3.8) is 0 Å². The molecule has 0 amide bonds. The fraction of sp³-hybridized carbons (Fsp3) is 0.882. The molecule has 1 fully saturated rings. The van der Waals surface area contributed by atoms with Crippen molar-refractivity contribution in [1.29, 1.82) is 0 Å². The summed E-state index contributed by atoms with van der Waals surface area (Å²) in [6.07, 6.45) is 9.52. The Morgan fingerprint density at radius 1 is 1.18 bits per heavy atom. The van der Waals surface area contributed by atoms with Crippen LogP contribution in [0, 0.1) is 0 Å². The van der Waals surface area contributed by atoms with Crippen LogP contribution in [0.4, 0.5) is 0 Å². The van der Waals surface area contributed by atoms with Gasteiger partial charge in [-0.15, -0.1) is 0 Å².